The second kappa shape index (κ2) is 7.31. The summed E-state index contributed by atoms with van der Waals surface area (Å²) in [4.78, 5) is 19.0. The molecule has 2 aromatic rings. The SMILES string of the molecule is CC(C)(C)OC(=O)N1CCCC[C@H]1CSc1nc2ccccc2s1. The molecule has 0 aliphatic carbocycles. The fraction of sp³-hybridized carbons (Fsp3) is 0.556. The zero-order valence-electron chi connectivity index (χ0n) is 14.4. The van der Waals surface area contributed by atoms with E-state index in [1.807, 2.05) is 43.9 Å². The number of hydrogen-bond donors (Lipinski definition) is 0. The van der Waals surface area contributed by atoms with Crippen LogP contribution < -0.4 is 0 Å². The van der Waals surface area contributed by atoms with E-state index >= 15 is 0 Å². The van der Waals surface area contributed by atoms with E-state index in [0.717, 1.165) is 35.0 Å². The van der Waals surface area contributed by atoms with Gasteiger partial charge in [0.15, 0.2) is 4.34 Å². The van der Waals surface area contributed by atoms with Crippen LogP contribution in [0.1, 0.15) is 40.0 Å². The summed E-state index contributed by atoms with van der Waals surface area (Å²) in [5.74, 6) is 0.874. The van der Waals surface area contributed by atoms with Gasteiger partial charge in [0.05, 0.1) is 10.2 Å². The highest BCUT2D eigenvalue weighted by atomic mass is 32.2. The standard InChI is InChI=1S/C18H24N2O2S2/c1-18(2,3)22-17(21)20-11-7-6-8-13(20)12-23-16-19-14-9-4-5-10-15(14)24-16/h4-5,9-10,13H,6-8,11-12H2,1-3H3/t13-/m0/s1. The molecule has 1 atom stereocenters. The predicted octanol–water partition coefficient (Wildman–Crippen LogP) is 5.18. The first-order valence-corrected chi connectivity index (χ1v) is 10.2. The number of hydrogen-bond acceptors (Lipinski definition) is 5. The Kier molecular flexibility index (Phi) is 5.35. The Morgan fingerprint density at radius 2 is 2.17 bits per heavy atom. The molecule has 0 unspecified atom stereocenters. The maximum atomic E-state index is 12.5. The number of rotatable bonds is 3. The van der Waals surface area contributed by atoms with Crippen molar-refractivity contribution in [3.8, 4) is 0 Å². The van der Waals surface area contributed by atoms with Gasteiger partial charge < -0.3 is 9.64 Å². The maximum absolute atomic E-state index is 12.5. The lowest BCUT2D eigenvalue weighted by molar-refractivity contribution is 0.0126. The number of carbonyl (C=O) groups excluding carboxylic acids is 1. The summed E-state index contributed by atoms with van der Waals surface area (Å²) in [5, 5.41) is 0. The molecular weight excluding hydrogens is 340 g/mol. The molecule has 4 nitrogen and oxygen atoms in total. The lowest BCUT2D eigenvalue weighted by atomic mass is 10.0. The zero-order chi connectivity index (χ0) is 17.2. The minimum absolute atomic E-state index is 0.183. The quantitative estimate of drug-likeness (QED) is 0.704. The molecule has 1 aromatic carbocycles. The van der Waals surface area contributed by atoms with Crippen LogP contribution >= 0.6 is 23.1 Å². The van der Waals surface area contributed by atoms with Gasteiger partial charge in [-0.05, 0) is 52.2 Å². The minimum atomic E-state index is -0.445. The number of thiazole rings is 1. The van der Waals surface area contributed by atoms with E-state index in [2.05, 4.69) is 11.1 Å². The van der Waals surface area contributed by atoms with Gasteiger partial charge in [-0.1, -0.05) is 23.9 Å². The van der Waals surface area contributed by atoms with Gasteiger partial charge in [0.1, 0.15) is 5.60 Å². The number of nitrogens with zero attached hydrogens (tertiary/aromatic N) is 2. The Morgan fingerprint density at radius 3 is 2.92 bits per heavy atom. The molecule has 130 valence electrons. The van der Waals surface area contributed by atoms with Crippen LogP contribution in [0.4, 0.5) is 4.79 Å². The first-order valence-electron chi connectivity index (χ1n) is 8.40. The molecule has 0 saturated carbocycles. The number of para-hydroxylation sites is 1. The highest BCUT2D eigenvalue weighted by Crippen LogP contribution is 2.32. The molecule has 1 aliphatic rings. The normalized spacial score (nSPS) is 18.8. The number of amides is 1. The van der Waals surface area contributed by atoms with Crippen molar-refractivity contribution in [2.75, 3.05) is 12.3 Å². The topological polar surface area (TPSA) is 42.4 Å². The maximum Gasteiger partial charge on any atom is 0.410 e. The van der Waals surface area contributed by atoms with Crippen molar-refractivity contribution in [1.29, 1.82) is 0 Å². The molecule has 0 bridgehead atoms. The van der Waals surface area contributed by atoms with Gasteiger partial charge in [0, 0.05) is 18.3 Å². The van der Waals surface area contributed by atoms with Crippen molar-refractivity contribution in [2.45, 2.75) is 56.0 Å². The van der Waals surface area contributed by atoms with Crippen molar-refractivity contribution < 1.29 is 9.53 Å². The highest BCUT2D eigenvalue weighted by Gasteiger charge is 2.30. The third-order valence-corrected chi connectivity index (χ3v) is 6.25. The molecule has 24 heavy (non-hydrogen) atoms. The minimum Gasteiger partial charge on any atom is -0.444 e. The van der Waals surface area contributed by atoms with Gasteiger partial charge in [0.25, 0.3) is 0 Å². The van der Waals surface area contributed by atoms with Crippen molar-refractivity contribution in [2.24, 2.45) is 0 Å². The highest BCUT2D eigenvalue weighted by molar-refractivity contribution is 8.01. The average Bonchev–Trinajstić information content (AvgIpc) is 2.94. The summed E-state index contributed by atoms with van der Waals surface area (Å²) in [7, 11) is 0. The predicted molar refractivity (Wildman–Crippen MR) is 101 cm³/mol. The third kappa shape index (κ3) is 4.42. The first-order chi connectivity index (χ1) is 11.4. The van der Waals surface area contributed by atoms with E-state index in [1.165, 1.54) is 11.1 Å². The number of piperidine rings is 1. The molecule has 1 saturated heterocycles. The number of carbonyl (C=O) groups is 1. The molecule has 3 rings (SSSR count). The number of benzene rings is 1. The smallest absolute Gasteiger partial charge is 0.410 e. The van der Waals surface area contributed by atoms with Crippen LogP contribution in [0.5, 0.6) is 0 Å². The Balaban J connectivity index is 1.64. The summed E-state index contributed by atoms with van der Waals surface area (Å²) < 4.78 is 7.86. The zero-order valence-corrected chi connectivity index (χ0v) is 16.1. The van der Waals surface area contributed by atoms with Crippen molar-refractivity contribution in [3.63, 3.8) is 0 Å². The molecule has 1 fully saturated rings. The number of fused-ring (bicyclic) bond motifs is 1. The lowest BCUT2D eigenvalue weighted by Gasteiger charge is -2.36. The van der Waals surface area contributed by atoms with E-state index in [-0.39, 0.29) is 12.1 Å². The van der Waals surface area contributed by atoms with E-state index in [0.29, 0.717) is 0 Å². The molecule has 1 amide bonds. The number of likely N-dealkylation sites (tertiary alicyclic amines) is 1. The molecule has 1 aliphatic heterocycles. The van der Waals surface area contributed by atoms with Crippen LogP contribution in [0.3, 0.4) is 0 Å². The lowest BCUT2D eigenvalue weighted by Crippen LogP contribution is -2.47. The summed E-state index contributed by atoms with van der Waals surface area (Å²) in [5.41, 5.74) is 0.608. The molecule has 6 heteroatoms. The van der Waals surface area contributed by atoms with Gasteiger partial charge in [-0.15, -0.1) is 11.3 Å². The van der Waals surface area contributed by atoms with Crippen molar-refractivity contribution >= 4 is 39.4 Å². The van der Waals surface area contributed by atoms with Gasteiger partial charge >= 0.3 is 6.09 Å². The van der Waals surface area contributed by atoms with Gasteiger partial charge in [-0.2, -0.15) is 0 Å². The monoisotopic (exact) mass is 364 g/mol. The van der Waals surface area contributed by atoms with E-state index in [4.69, 9.17) is 4.74 Å². The Hall–Kier alpha value is -1.27. The van der Waals surface area contributed by atoms with Gasteiger partial charge in [-0.3, -0.25) is 0 Å². The Morgan fingerprint density at radius 1 is 1.38 bits per heavy atom. The van der Waals surface area contributed by atoms with E-state index < -0.39 is 5.60 Å². The molecule has 0 N–H and O–H groups in total. The van der Waals surface area contributed by atoms with Crippen LogP contribution in [0, 0.1) is 0 Å². The Bertz CT molecular complexity index is 675. The molecule has 2 heterocycles. The molecule has 1 aromatic heterocycles. The van der Waals surface area contributed by atoms with Gasteiger partial charge in [0.2, 0.25) is 0 Å². The van der Waals surface area contributed by atoms with Crippen LogP contribution in [0.15, 0.2) is 28.6 Å². The fourth-order valence-electron chi connectivity index (χ4n) is 2.82. The van der Waals surface area contributed by atoms with Crippen molar-refractivity contribution in [3.05, 3.63) is 24.3 Å². The van der Waals surface area contributed by atoms with Crippen LogP contribution in [0.25, 0.3) is 10.2 Å². The van der Waals surface area contributed by atoms with Crippen LogP contribution in [-0.4, -0.2) is 39.9 Å². The second-order valence-corrected chi connectivity index (χ2v) is 9.38. The molecule has 0 spiro atoms. The number of ether oxygens (including phenoxy) is 1. The summed E-state index contributed by atoms with van der Waals surface area (Å²) in [6.45, 7) is 6.54. The fourth-order valence-corrected chi connectivity index (χ4v) is 5.07. The average molecular weight is 365 g/mol. The van der Waals surface area contributed by atoms with Gasteiger partial charge in [-0.25, -0.2) is 9.78 Å². The Labute approximate surface area is 151 Å². The molecule has 0 radical (unpaired) electrons. The summed E-state index contributed by atoms with van der Waals surface area (Å²) >= 11 is 3.47. The summed E-state index contributed by atoms with van der Waals surface area (Å²) in [6, 6.07) is 8.43. The molecular formula is C18H24N2O2S2. The van der Waals surface area contributed by atoms with E-state index in [1.54, 1.807) is 23.1 Å². The van der Waals surface area contributed by atoms with Crippen LogP contribution in [-0.2, 0) is 4.74 Å². The first kappa shape index (κ1) is 17.5. The van der Waals surface area contributed by atoms with Crippen LogP contribution in [0.2, 0.25) is 0 Å². The largest absolute Gasteiger partial charge is 0.444 e. The third-order valence-electron chi connectivity index (χ3n) is 3.93. The number of thioether (sulfide) groups is 1. The summed E-state index contributed by atoms with van der Waals surface area (Å²) in [6.07, 6.45) is 3.08. The van der Waals surface area contributed by atoms with E-state index in [9.17, 15) is 4.79 Å². The second-order valence-electron chi connectivity index (χ2n) is 7.08. The van der Waals surface area contributed by atoms with Crippen molar-refractivity contribution in [1.82, 2.24) is 9.88 Å². The number of aromatic nitrogens is 1.